The van der Waals surface area contributed by atoms with Gasteiger partial charge >= 0.3 is 0 Å². The van der Waals surface area contributed by atoms with Crippen LogP contribution < -0.4 is 5.32 Å². The number of carbonyl (C=O) groups excluding carboxylic acids is 1. The average Bonchev–Trinajstić information content (AvgIpc) is 3.33. The number of hydrogen-bond donors (Lipinski definition) is 1. The minimum absolute atomic E-state index is 0.239. The average molecular weight is 348 g/mol. The summed E-state index contributed by atoms with van der Waals surface area (Å²) in [5.74, 6) is 1.48. The molecule has 24 heavy (non-hydrogen) atoms. The molecule has 0 aliphatic carbocycles. The first-order valence-electron chi connectivity index (χ1n) is 8.64. The van der Waals surface area contributed by atoms with Crippen LogP contribution in [0.15, 0.2) is 22.0 Å². The van der Waals surface area contributed by atoms with Gasteiger partial charge < -0.3 is 14.7 Å². The minimum atomic E-state index is 0.239. The number of nitrogens with one attached hydrogen (secondary N) is 1. The second-order valence-corrected chi connectivity index (χ2v) is 7.02. The number of aryl methyl sites for hydroxylation is 1. The molecular formula is C17H24N4O2S. The smallest absolute Gasteiger partial charge is 0.226 e. The Morgan fingerprint density at radius 2 is 2.46 bits per heavy atom. The molecule has 1 aliphatic heterocycles. The van der Waals surface area contributed by atoms with Crippen LogP contribution in [0.5, 0.6) is 0 Å². The van der Waals surface area contributed by atoms with Gasteiger partial charge in [-0.1, -0.05) is 18.1 Å². The lowest BCUT2D eigenvalue weighted by Crippen LogP contribution is -2.42. The lowest BCUT2D eigenvalue weighted by Gasteiger charge is -2.28. The van der Waals surface area contributed by atoms with Gasteiger partial charge in [-0.25, -0.2) is 0 Å². The van der Waals surface area contributed by atoms with E-state index >= 15 is 0 Å². The topological polar surface area (TPSA) is 71.3 Å². The molecule has 1 aliphatic rings. The molecule has 3 heterocycles. The Bertz CT molecular complexity index is 635. The Kier molecular flexibility index (Phi) is 5.98. The van der Waals surface area contributed by atoms with E-state index in [0.29, 0.717) is 30.6 Å². The minimum Gasteiger partial charge on any atom is -0.339 e. The van der Waals surface area contributed by atoms with Crippen LogP contribution in [0.2, 0.25) is 0 Å². The highest BCUT2D eigenvalue weighted by molar-refractivity contribution is 7.13. The van der Waals surface area contributed by atoms with E-state index in [4.69, 9.17) is 4.52 Å². The van der Waals surface area contributed by atoms with Crippen molar-refractivity contribution in [3.05, 3.63) is 23.4 Å². The van der Waals surface area contributed by atoms with Crippen molar-refractivity contribution in [3.8, 4) is 10.7 Å². The van der Waals surface area contributed by atoms with Crippen LogP contribution in [0.1, 0.15) is 38.5 Å². The van der Waals surface area contributed by atoms with Gasteiger partial charge in [0.25, 0.3) is 0 Å². The van der Waals surface area contributed by atoms with Gasteiger partial charge in [0.05, 0.1) is 4.88 Å². The second kappa shape index (κ2) is 8.39. The molecule has 1 fully saturated rings. The molecule has 0 saturated carbocycles. The molecule has 1 unspecified atom stereocenters. The first-order valence-corrected chi connectivity index (χ1v) is 9.52. The normalized spacial score (nSPS) is 17.3. The molecule has 7 heteroatoms. The van der Waals surface area contributed by atoms with Crippen molar-refractivity contribution in [3.63, 3.8) is 0 Å². The zero-order valence-electron chi connectivity index (χ0n) is 14.0. The summed E-state index contributed by atoms with van der Waals surface area (Å²) in [7, 11) is 0. The van der Waals surface area contributed by atoms with Crippen LogP contribution in [0.25, 0.3) is 10.7 Å². The van der Waals surface area contributed by atoms with Crippen molar-refractivity contribution in [1.82, 2.24) is 20.4 Å². The van der Waals surface area contributed by atoms with E-state index in [-0.39, 0.29) is 5.91 Å². The van der Waals surface area contributed by atoms with Crippen molar-refractivity contribution in [2.45, 2.75) is 45.1 Å². The van der Waals surface area contributed by atoms with Crippen LogP contribution in [0.3, 0.4) is 0 Å². The lowest BCUT2D eigenvalue weighted by molar-refractivity contribution is -0.133. The largest absolute Gasteiger partial charge is 0.339 e. The van der Waals surface area contributed by atoms with E-state index in [0.717, 1.165) is 43.8 Å². The Hall–Kier alpha value is -1.73. The summed E-state index contributed by atoms with van der Waals surface area (Å²) in [5.41, 5.74) is 0. The molecule has 2 aromatic heterocycles. The molecule has 1 saturated heterocycles. The molecule has 2 aromatic rings. The van der Waals surface area contributed by atoms with E-state index in [9.17, 15) is 4.79 Å². The van der Waals surface area contributed by atoms with E-state index in [1.54, 1.807) is 11.3 Å². The maximum Gasteiger partial charge on any atom is 0.226 e. The molecule has 1 atom stereocenters. The zero-order chi connectivity index (χ0) is 16.8. The van der Waals surface area contributed by atoms with E-state index < -0.39 is 0 Å². The summed E-state index contributed by atoms with van der Waals surface area (Å²) in [4.78, 5) is 20.0. The van der Waals surface area contributed by atoms with Crippen molar-refractivity contribution >= 4 is 17.2 Å². The fraction of sp³-hybridized carbons (Fsp3) is 0.588. The van der Waals surface area contributed by atoms with Crippen LogP contribution in [-0.2, 0) is 11.2 Å². The number of nitrogens with zero attached hydrogens (tertiary/aromatic N) is 3. The fourth-order valence-electron chi connectivity index (χ4n) is 3.05. The van der Waals surface area contributed by atoms with Gasteiger partial charge in [-0.2, -0.15) is 4.98 Å². The summed E-state index contributed by atoms with van der Waals surface area (Å²) in [6, 6.07) is 4.29. The standard InChI is InChI=1S/C17H24N4O2S/c1-2-10-21(13-8-9-18-12-13)16(22)7-3-6-15-19-17(20-23-15)14-5-4-11-24-14/h4-5,11,13,18H,2-3,6-10,12H2,1H3. The molecule has 0 spiro atoms. The highest BCUT2D eigenvalue weighted by Crippen LogP contribution is 2.21. The Morgan fingerprint density at radius 1 is 1.54 bits per heavy atom. The van der Waals surface area contributed by atoms with Crippen molar-refractivity contribution < 1.29 is 9.32 Å². The SMILES string of the molecule is CCCN(C(=O)CCCc1nc(-c2cccs2)no1)C1CCNC1. The number of thiophene rings is 1. The van der Waals surface area contributed by atoms with Crippen LogP contribution in [0.4, 0.5) is 0 Å². The summed E-state index contributed by atoms with van der Waals surface area (Å²) in [6.07, 6.45) is 3.97. The fourth-order valence-corrected chi connectivity index (χ4v) is 3.70. The van der Waals surface area contributed by atoms with Gasteiger partial charge in [0.15, 0.2) is 0 Å². The molecule has 0 radical (unpaired) electrons. The van der Waals surface area contributed by atoms with Crippen molar-refractivity contribution in [1.29, 1.82) is 0 Å². The number of rotatable bonds is 8. The quantitative estimate of drug-likeness (QED) is 0.794. The second-order valence-electron chi connectivity index (χ2n) is 6.08. The number of hydrogen-bond acceptors (Lipinski definition) is 6. The molecular weight excluding hydrogens is 324 g/mol. The van der Waals surface area contributed by atoms with Gasteiger partial charge in [0.2, 0.25) is 17.6 Å². The van der Waals surface area contributed by atoms with E-state index in [1.807, 2.05) is 22.4 Å². The van der Waals surface area contributed by atoms with Gasteiger partial charge in [-0.3, -0.25) is 4.79 Å². The summed E-state index contributed by atoms with van der Waals surface area (Å²) in [5, 5.41) is 9.33. The maximum absolute atomic E-state index is 12.5. The van der Waals surface area contributed by atoms with Gasteiger partial charge in [-0.05, 0) is 37.3 Å². The Balaban J connectivity index is 1.49. The molecule has 1 amide bonds. The maximum atomic E-state index is 12.5. The predicted octanol–water partition coefficient (Wildman–Crippen LogP) is 2.72. The third-order valence-electron chi connectivity index (χ3n) is 4.25. The highest BCUT2D eigenvalue weighted by atomic mass is 32.1. The van der Waals surface area contributed by atoms with Gasteiger partial charge in [-0.15, -0.1) is 11.3 Å². The Labute approximate surface area is 146 Å². The predicted molar refractivity (Wildman–Crippen MR) is 93.8 cm³/mol. The zero-order valence-corrected chi connectivity index (χ0v) is 14.8. The van der Waals surface area contributed by atoms with Crippen molar-refractivity contribution in [2.75, 3.05) is 19.6 Å². The lowest BCUT2D eigenvalue weighted by atomic mass is 10.1. The monoisotopic (exact) mass is 348 g/mol. The summed E-state index contributed by atoms with van der Waals surface area (Å²) in [6.45, 7) is 4.88. The summed E-state index contributed by atoms with van der Waals surface area (Å²) >= 11 is 1.59. The molecule has 0 bridgehead atoms. The number of amides is 1. The highest BCUT2D eigenvalue weighted by Gasteiger charge is 2.25. The van der Waals surface area contributed by atoms with Crippen LogP contribution >= 0.6 is 11.3 Å². The van der Waals surface area contributed by atoms with Crippen LogP contribution in [0, 0.1) is 0 Å². The van der Waals surface area contributed by atoms with E-state index in [1.165, 1.54) is 0 Å². The summed E-state index contributed by atoms with van der Waals surface area (Å²) < 4.78 is 5.29. The molecule has 1 N–H and O–H groups in total. The van der Waals surface area contributed by atoms with Gasteiger partial charge in [0.1, 0.15) is 0 Å². The molecule has 3 rings (SSSR count). The number of carbonyl (C=O) groups is 1. The molecule has 6 nitrogen and oxygen atoms in total. The third-order valence-corrected chi connectivity index (χ3v) is 5.12. The first kappa shape index (κ1) is 17.1. The van der Waals surface area contributed by atoms with Crippen LogP contribution in [-0.4, -0.2) is 46.6 Å². The number of aromatic nitrogens is 2. The van der Waals surface area contributed by atoms with E-state index in [2.05, 4.69) is 22.4 Å². The van der Waals surface area contributed by atoms with Gasteiger partial charge in [0, 0.05) is 32.0 Å². The first-order chi connectivity index (χ1) is 11.8. The molecule has 0 aromatic carbocycles. The third kappa shape index (κ3) is 4.21. The Morgan fingerprint density at radius 3 is 3.17 bits per heavy atom. The molecule has 130 valence electrons. The van der Waals surface area contributed by atoms with Crippen molar-refractivity contribution in [2.24, 2.45) is 0 Å².